The summed E-state index contributed by atoms with van der Waals surface area (Å²) in [6, 6.07) is 4.55. The largest absolute Gasteiger partial charge is 0.297 e. The SMILES string of the molecule is C#CCCC(=O)c1ccc(C)c(S(=O)(=O)OC(C)C)c1. The number of benzene rings is 1. The van der Waals surface area contributed by atoms with Gasteiger partial charge in [0.25, 0.3) is 10.1 Å². The minimum absolute atomic E-state index is 0.0257. The van der Waals surface area contributed by atoms with E-state index in [1.807, 2.05) is 0 Å². The van der Waals surface area contributed by atoms with Gasteiger partial charge in [-0.2, -0.15) is 8.42 Å². The van der Waals surface area contributed by atoms with Crippen LogP contribution in [0.2, 0.25) is 0 Å². The first kappa shape index (κ1) is 16.4. The molecule has 5 heteroatoms. The number of rotatable bonds is 6. The van der Waals surface area contributed by atoms with Crippen molar-refractivity contribution < 1.29 is 17.4 Å². The van der Waals surface area contributed by atoms with E-state index in [1.54, 1.807) is 32.9 Å². The molecule has 108 valence electrons. The summed E-state index contributed by atoms with van der Waals surface area (Å²) in [5.41, 5.74) is 0.871. The van der Waals surface area contributed by atoms with Crippen LogP contribution in [0.5, 0.6) is 0 Å². The zero-order chi connectivity index (χ0) is 15.3. The lowest BCUT2D eigenvalue weighted by molar-refractivity contribution is 0.0984. The molecule has 20 heavy (non-hydrogen) atoms. The summed E-state index contributed by atoms with van der Waals surface area (Å²) in [5.74, 6) is 2.21. The average molecular weight is 294 g/mol. The molecule has 0 heterocycles. The minimum Gasteiger partial charge on any atom is -0.294 e. The summed E-state index contributed by atoms with van der Waals surface area (Å²) in [7, 11) is -3.86. The zero-order valence-electron chi connectivity index (χ0n) is 11.8. The molecule has 0 unspecified atom stereocenters. The highest BCUT2D eigenvalue weighted by molar-refractivity contribution is 7.86. The van der Waals surface area contributed by atoms with Gasteiger partial charge >= 0.3 is 0 Å². The molecular weight excluding hydrogens is 276 g/mol. The molecule has 0 atom stereocenters. The first-order valence-corrected chi connectivity index (χ1v) is 7.69. The van der Waals surface area contributed by atoms with Gasteiger partial charge in [0, 0.05) is 18.4 Å². The lowest BCUT2D eigenvalue weighted by Gasteiger charge is -2.11. The Bertz CT molecular complexity index is 636. The molecule has 0 radical (unpaired) electrons. The van der Waals surface area contributed by atoms with Crippen molar-refractivity contribution >= 4 is 15.9 Å². The van der Waals surface area contributed by atoms with E-state index in [9.17, 15) is 13.2 Å². The monoisotopic (exact) mass is 294 g/mol. The van der Waals surface area contributed by atoms with Gasteiger partial charge in [0.2, 0.25) is 0 Å². The fraction of sp³-hybridized carbons (Fsp3) is 0.400. The molecule has 1 rings (SSSR count). The lowest BCUT2D eigenvalue weighted by atomic mass is 10.1. The summed E-state index contributed by atoms with van der Waals surface area (Å²) in [6.45, 7) is 4.93. The summed E-state index contributed by atoms with van der Waals surface area (Å²) in [4.78, 5) is 11.9. The third-order valence-corrected chi connectivity index (χ3v) is 4.21. The standard InChI is InChI=1S/C15H18O4S/c1-5-6-7-14(16)13-9-8-12(4)15(10-13)20(17,18)19-11(2)3/h1,8-11H,6-7H2,2-4H3. The molecule has 0 amide bonds. The molecule has 0 saturated carbocycles. The Kier molecular flexibility index (Phi) is 5.49. The van der Waals surface area contributed by atoms with E-state index >= 15 is 0 Å². The second-order valence-corrected chi connectivity index (χ2v) is 6.25. The summed E-state index contributed by atoms with van der Waals surface area (Å²) in [6.07, 6.45) is 5.19. The van der Waals surface area contributed by atoms with E-state index in [0.717, 1.165) is 0 Å². The number of ketones is 1. The molecule has 0 aliphatic carbocycles. The van der Waals surface area contributed by atoms with Gasteiger partial charge in [0.15, 0.2) is 5.78 Å². The Labute approximate surface area is 120 Å². The van der Waals surface area contributed by atoms with E-state index in [-0.39, 0.29) is 17.1 Å². The fourth-order valence-electron chi connectivity index (χ4n) is 1.68. The minimum atomic E-state index is -3.86. The van der Waals surface area contributed by atoms with Crippen LogP contribution >= 0.6 is 0 Å². The summed E-state index contributed by atoms with van der Waals surface area (Å²) in [5, 5.41) is 0. The molecule has 0 fully saturated rings. The van der Waals surface area contributed by atoms with Crippen LogP contribution in [0.15, 0.2) is 23.1 Å². The average Bonchev–Trinajstić information content (AvgIpc) is 2.34. The number of carbonyl (C=O) groups is 1. The van der Waals surface area contributed by atoms with Crippen LogP contribution in [0.4, 0.5) is 0 Å². The normalized spacial score (nSPS) is 11.3. The Balaban J connectivity index is 3.16. The second-order valence-electron chi connectivity index (χ2n) is 4.71. The van der Waals surface area contributed by atoms with Crippen LogP contribution in [0.1, 0.15) is 42.6 Å². The number of terminal acetylenes is 1. The van der Waals surface area contributed by atoms with E-state index in [0.29, 0.717) is 17.5 Å². The quantitative estimate of drug-likeness (QED) is 0.460. The molecule has 0 saturated heterocycles. The maximum Gasteiger partial charge on any atom is 0.297 e. The highest BCUT2D eigenvalue weighted by Gasteiger charge is 2.21. The first-order chi connectivity index (χ1) is 9.27. The van der Waals surface area contributed by atoms with Gasteiger partial charge in [0.05, 0.1) is 11.0 Å². The Hall–Kier alpha value is -1.64. The van der Waals surface area contributed by atoms with Gasteiger partial charge in [-0.25, -0.2) is 0 Å². The van der Waals surface area contributed by atoms with Crippen LogP contribution in [-0.2, 0) is 14.3 Å². The number of aryl methyl sites for hydroxylation is 1. The predicted molar refractivity (Wildman–Crippen MR) is 77.0 cm³/mol. The fourth-order valence-corrected chi connectivity index (χ4v) is 3.02. The van der Waals surface area contributed by atoms with Crippen molar-refractivity contribution in [3.63, 3.8) is 0 Å². The molecular formula is C15H18O4S. The lowest BCUT2D eigenvalue weighted by Crippen LogP contribution is -2.14. The van der Waals surface area contributed by atoms with Gasteiger partial charge < -0.3 is 0 Å². The van der Waals surface area contributed by atoms with Crippen LogP contribution in [0, 0.1) is 19.3 Å². The van der Waals surface area contributed by atoms with Crippen LogP contribution in [0.3, 0.4) is 0 Å². The van der Waals surface area contributed by atoms with Crippen molar-refractivity contribution in [3.05, 3.63) is 29.3 Å². The van der Waals surface area contributed by atoms with Gasteiger partial charge in [-0.05, 0) is 32.4 Å². The van der Waals surface area contributed by atoms with Gasteiger partial charge in [0.1, 0.15) is 0 Å². The van der Waals surface area contributed by atoms with E-state index in [2.05, 4.69) is 5.92 Å². The van der Waals surface area contributed by atoms with Crippen molar-refractivity contribution in [2.24, 2.45) is 0 Å². The topological polar surface area (TPSA) is 60.4 Å². The predicted octanol–water partition coefficient (Wildman–Crippen LogP) is 2.70. The number of hydrogen-bond donors (Lipinski definition) is 0. The number of carbonyl (C=O) groups excluding carboxylic acids is 1. The Morgan fingerprint density at radius 2 is 2.05 bits per heavy atom. The van der Waals surface area contributed by atoms with E-state index < -0.39 is 16.2 Å². The molecule has 0 bridgehead atoms. The van der Waals surface area contributed by atoms with Crippen molar-refractivity contribution in [2.45, 2.75) is 44.6 Å². The van der Waals surface area contributed by atoms with Gasteiger partial charge in [-0.1, -0.05) is 12.1 Å². The van der Waals surface area contributed by atoms with Crippen molar-refractivity contribution in [2.75, 3.05) is 0 Å². The molecule has 0 N–H and O–H groups in total. The van der Waals surface area contributed by atoms with Gasteiger partial charge in [-0.3, -0.25) is 8.98 Å². The van der Waals surface area contributed by atoms with E-state index in [4.69, 9.17) is 10.6 Å². The van der Waals surface area contributed by atoms with Gasteiger partial charge in [-0.15, -0.1) is 12.3 Å². The molecule has 4 nitrogen and oxygen atoms in total. The van der Waals surface area contributed by atoms with E-state index in [1.165, 1.54) is 6.07 Å². The van der Waals surface area contributed by atoms with Crippen molar-refractivity contribution in [3.8, 4) is 12.3 Å². The maximum atomic E-state index is 12.1. The van der Waals surface area contributed by atoms with Crippen LogP contribution in [0.25, 0.3) is 0 Å². The third-order valence-electron chi connectivity index (χ3n) is 2.59. The number of Topliss-reactive ketones (excluding diaryl/α,β-unsaturated/α-hetero) is 1. The molecule has 0 aromatic heterocycles. The first-order valence-electron chi connectivity index (χ1n) is 6.28. The van der Waals surface area contributed by atoms with Crippen molar-refractivity contribution in [1.82, 2.24) is 0 Å². The molecule has 1 aromatic carbocycles. The smallest absolute Gasteiger partial charge is 0.294 e. The molecule has 0 aliphatic heterocycles. The van der Waals surface area contributed by atoms with Crippen molar-refractivity contribution in [1.29, 1.82) is 0 Å². The molecule has 1 aromatic rings. The Morgan fingerprint density at radius 3 is 2.60 bits per heavy atom. The molecule has 0 aliphatic rings. The van der Waals surface area contributed by atoms with Crippen LogP contribution < -0.4 is 0 Å². The molecule has 0 spiro atoms. The zero-order valence-corrected chi connectivity index (χ0v) is 12.7. The highest BCUT2D eigenvalue weighted by atomic mass is 32.2. The maximum absolute atomic E-state index is 12.1. The highest BCUT2D eigenvalue weighted by Crippen LogP contribution is 2.21. The third kappa shape index (κ3) is 4.19. The summed E-state index contributed by atoms with van der Waals surface area (Å²) >= 11 is 0. The summed E-state index contributed by atoms with van der Waals surface area (Å²) < 4.78 is 29.1. The van der Waals surface area contributed by atoms with Crippen LogP contribution in [-0.4, -0.2) is 20.3 Å². The number of hydrogen-bond acceptors (Lipinski definition) is 4. The Morgan fingerprint density at radius 1 is 1.40 bits per heavy atom. The second kappa shape index (κ2) is 6.69.